The van der Waals surface area contributed by atoms with E-state index in [0.29, 0.717) is 19.7 Å². The molecular formula is C18H26N2O3. The van der Waals surface area contributed by atoms with Gasteiger partial charge in [-0.05, 0) is 57.4 Å². The maximum absolute atomic E-state index is 12.3. The summed E-state index contributed by atoms with van der Waals surface area (Å²) in [6.07, 6.45) is 1.76. The third kappa shape index (κ3) is 5.06. The molecule has 0 bridgehead atoms. The van der Waals surface area contributed by atoms with Gasteiger partial charge >= 0.3 is 5.97 Å². The second kappa shape index (κ2) is 8.11. The van der Waals surface area contributed by atoms with Gasteiger partial charge in [-0.15, -0.1) is 0 Å². The number of aryl methyl sites for hydroxylation is 2. The average Bonchev–Trinajstić information content (AvgIpc) is 2.51. The number of nitrogens with zero attached hydrogens (tertiary/aromatic N) is 1. The molecule has 1 heterocycles. The van der Waals surface area contributed by atoms with Gasteiger partial charge in [0.25, 0.3) is 0 Å². The zero-order chi connectivity index (χ0) is 16.8. The van der Waals surface area contributed by atoms with Crippen LogP contribution in [-0.4, -0.2) is 43.0 Å². The molecule has 126 valence electrons. The summed E-state index contributed by atoms with van der Waals surface area (Å²) in [6.45, 7) is 7.95. The summed E-state index contributed by atoms with van der Waals surface area (Å²) in [5, 5.41) is 2.97. The Labute approximate surface area is 138 Å². The highest BCUT2D eigenvalue weighted by Crippen LogP contribution is 2.19. The number of anilines is 1. The average molecular weight is 318 g/mol. The van der Waals surface area contributed by atoms with E-state index in [1.807, 2.05) is 43.9 Å². The predicted octanol–water partition coefficient (Wildman–Crippen LogP) is 2.52. The standard InChI is InChI=1S/C18H26N2O3/c1-4-23-18(22)15-6-5-9-20(11-15)12-17(21)19-16-10-13(2)7-8-14(16)3/h7-8,10,15H,4-6,9,11-12H2,1-3H3,(H,19,21)/t15-/m1/s1. The monoisotopic (exact) mass is 318 g/mol. The van der Waals surface area contributed by atoms with Crippen LogP contribution in [0.5, 0.6) is 0 Å². The molecule has 1 aromatic carbocycles. The third-order valence-electron chi connectivity index (χ3n) is 4.16. The van der Waals surface area contributed by atoms with E-state index < -0.39 is 0 Å². The van der Waals surface area contributed by atoms with Crippen LogP contribution < -0.4 is 5.32 Å². The molecule has 1 fully saturated rings. The Morgan fingerprint density at radius 1 is 1.35 bits per heavy atom. The van der Waals surface area contributed by atoms with E-state index in [2.05, 4.69) is 5.32 Å². The number of amides is 1. The van der Waals surface area contributed by atoms with Gasteiger partial charge in [0.15, 0.2) is 0 Å². The molecule has 2 rings (SSSR count). The molecule has 0 unspecified atom stereocenters. The summed E-state index contributed by atoms with van der Waals surface area (Å²) >= 11 is 0. The Bertz CT molecular complexity index is 571. The number of hydrogen-bond donors (Lipinski definition) is 1. The van der Waals surface area contributed by atoms with Gasteiger partial charge in [0.2, 0.25) is 5.91 Å². The molecule has 0 aliphatic carbocycles. The van der Waals surface area contributed by atoms with E-state index in [9.17, 15) is 9.59 Å². The van der Waals surface area contributed by atoms with Gasteiger partial charge in [-0.2, -0.15) is 0 Å². The Hall–Kier alpha value is -1.88. The van der Waals surface area contributed by atoms with Crippen LogP contribution in [0.2, 0.25) is 0 Å². The van der Waals surface area contributed by atoms with Crippen molar-refractivity contribution in [2.75, 3.05) is 31.6 Å². The number of carbonyl (C=O) groups excluding carboxylic acids is 2. The van der Waals surface area contributed by atoms with E-state index in [1.165, 1.54) is 0 Å². The summed E-state index contributed by atoms with van der Waals surface area (Å²) in [4.78, 5) is 26.2. The largest absolute Gasteiger partial charge is 0.466 e. The minimum absolute atomic E-state index is 0.0387. The summed E-state index contributed by atoms with van der Waals surface area (Å²) in [5.74, 6) is -0.299. The summed E-state index contributed by atoms with van der Waals surface area (Å²) in [6, 6.07) is 6.01. The van der Waals surface area contributed by atoms with Crippen molar-refractivity contribution in [2.24, 2.45) is 5.92 Å². The molecule has 0 spiro atoms. The van der Waals surface area contributed by atoms with Crippen LogP contribution in [-0.2, 0) is 14.3 Å². The molecule has 1 aliphatic heterocycles. The lowest BCUT2D eigenvalue weighted by atomic mass is 9.98. The second-order valence-electron chi connectivity index (χ2n) is 6.19. The van der Waals surface area contributed by atoms with Gasteiger partial charge in [0, 0.05) is 12.2 Å². The minimum atomic E-state index is -0.146. The highest BCUT2D eigenvalue weighted by atomic mass is 16.5. The molecule has 1 atom stereocenters. The van der Waals surface area contributed by atoms with Gasteiger partial charge in [-0.25, -0.2) is 0 Å². The summed E-state index contributed by atoms with van der Waals surface area (Å²) in [5.41, 5.74) is 3.02. The molecule has 0 radical (unpaired) electrons. The fourth-order valence-electron chi connectivity index (χ4n) is 2.91. The van der Waals surface area contributed by atoms with Crippen LogP contribution in [0, 0.1) is 19.8 Å². The first-order valence-electron chi connectivity index (χ1n) is 8.25. The van der Waals surface area contributed by atoms with Gasteiger partial charge in [-0.1, -0.05) is 12.1 Å². The van der Waals surface area contributed by atoms with E-state index in [0.717, 1.165) is 36.2 Å². The maximum atomic E-state index is 12.3. The zero-order valence-electron chi connectivity index (χ0n) is 14.2. The zero-order valence-corrected chi connectivity index (χ0v) is 14.2. The highest BCUT2D eigenvalue weighted by Gasteiger charge is 2.27. The first-order chi connectivity index (χ1) is 11.0. The first-order valence-corrected chi connectivity index (χ1v) is 8.25. The minimum Gasteiger partial charge on any atom is -0.466 e. The molecule has 0 aromatic heterocycles. The SMILES string of the molecule is CCOC(=O)[C@@H]1CCCN(CC(=O)Nc2cc(C)ccc2C)C1. The van der Waals surface area contributed by atoms with E-state index in [4.69, 9.17) is 4.74 Å². The predicted molar refractivity (Wildman–Crippen MR) is 90.3 cm³/mol. The normalized spacial score (nSPS) is 18.5. The molecular weight excluding hydrogens is 292 g/mol. The molecule has 1 amide bonds. The molecule has 1 aromatic rings. The van der Waals surface area contributed by atoms with Crippen molar-refractivity contribution in [1.29, 1.82) is 0 Å². The molecule has 0 saturated carbocycles. The number of rotatable bonds is 5. The van der Waals surface area contributed by atoms with Crippen molar-refractivity contribution >= 4 is 17.6 Å². The second-order valence-corrected chi connectivity index (χ2v) is 6.19. The van der Waals surface area contributed by atoms with Crippen LogP contribution >= 0.6 is 0 Å². The number of nitrogens with one attached hydrogen (secondary N) is 1. The van der Waals surface area contributed by atoms with Gasteiger partial charge < -0.3 is 10.1 Å². The molecule has 1 aliphatic rings. The summed E-state index contributed by atoms with van der Waals surface area (Å²) in [7, 11) is 0. The Morgan fingerprint density at radius 2 is 2.13 bits per heavy atom. The number of piperidine rings is 1. The molecule has 5 nitrogen and oxygen atoms in total. The first kappa shape index (κ1) is 17.5. The quantitative estimate of drug-likeness (QED) is 0.848. The van der Waals surface area contributed by atoms with Crippen molar-refractivity contribution in [3.8, 4) is 0 Å². The van der Waals surface area contributed by atoms with Crippen molar-refractivity contribution in [3.05, 3.63) is 29.3 Å². The van der Waals surface area contributed by atoms with E-state index >= 15 is 0 Å². The fraction of sp³-hybridized carbons (Fsp3) is 0.556. The molecule has 5 heteroatoms. The Balaban J connectivity index is 1.89. The Kier molecular flexibility index (Phi) is 6.16. The number of carbonyl (C=O) groups is 2. The van der Waals surface area contributed by atoms with Crippen LogP contribution in [0.3, 0.4) is 0 Å². The van der Waals surface area contributed by atoms with Crippen molar-refractivity contribution in [2.45, 2.75) is 33.6 Å². The molecule has 23 heavy (non-hydrogen) atoms. The number of hydrogen-bond acceptors (Lipinski definition) is 4. The summed E-state index contributed by atoms with van der Waals surface area (Å²) < 4.78 is 5.09. The molecule has 1 saturated heterocycles. The fourth-order valence-corrected chi connectivity index (χ4v) is 2.91. The lowest BCUT2D eigenvalue weighted by Crippen LogP contribution is -2.43. The topological polar surface area (TPSA) is 58.6 Å². The van der Waals surface area contributed by atoms with E-state index in [1.54, 1.807) is 0 Å². The number of likely N-dealkylation sites (tertiary alicyclic amines) is 1. The van der Waals surface area contributed by atoms with Crippen LogP contribution in [0.15, 0.2) is 18.2 Å². The van der Waals surface area contributed by atoms with Crippen LogP contribution in [0.4, 0.5) is 5.69 Å². The number of ether oxygens (including phenoxy) is 1. The van der Waals surface area contributed by atoms with Gasteiger partial charge in [0.1, 0.15) is 0 Å². The lowest BCUT2D eigenvalue weighted by Gasteiger charge is -2.30. The third-order valence-corrected chi connectivity index (χ3v) is 4.16. The van der Waals surface area contributed by atoms with Crippen LogP contribution in [0.25, 0.3) is 0 Å². The van der Waals surface area contributed by atoms with Gasteiger partial charge in [0.05, 0.1) is 19.1 Å². The van der Waals surface area contributed by atoms with Crippen molar-refractivity contribution in [3.63, 3.8) is 0 Å². The van der Waals surface area contributed by atoms with Crippen molar-refractivity contribution in [1.82, 2.24) is 4.90 Å². The highest BCUT2D eigenvalue weighted by molar-refractivity contribution is 5.93. The molecule has 1 N–H and O–H groups in total. The van der Waals surface area contributed by atoms with E-state index in [-0.39, 0.29) is 17.8 Å². The lowest BCUT2D eigenvalue weighted by molar-refractivity contribution is -0.150. The van der Waals surface area contributed by atoms with Gasteiger partial charge in [-0.3, -0.25) is 14.5 Å². The smallest absolute Gasteiger partial charge is 0.310 e. The maximum Gasteiger partial charge on any atom is 0.310 e. The van der Waals surface area contributed by atoms with Crippen LogP contribution in [0.1, 0.15) is 30.9 Å². The number of benzene rings is 1. The van der Waals surface area contributed by atoms with Crippen molar-refractivity contribution < 1.29 is 14.3 Å². The Morgan fingerprint density at radius 3 is 2.87 bits per heavy atom. The number of esters is 1.